The molecule has 34 heavy (non-hydrogen) atoms. The lowest BCUT2D eigenvalue weighted by Gasteiger charge is -2.35. The fourth-order valence-corrected chi connectivity index (χ4v) is 5.88. The van der Waals surface area contributed by atoms with Crippen LogP contribution in [-0.2, 0) is 9.47 Å². The summed E-state index contributed by atoms with van der Waals surface area (Å²) < 4.78 is 66.6. The van der Waals surface area contributed by atoms with Crippen molar-refractivity contribution in [1.82, 2.24) is 0 Å². The molecule has 0 radical (unpaired) electrons. The lowest BCUT2D eigenvalue weighted by Crippen LogP contribution is -2.23. The minimum atomic E-state index is -1.40. The first-order valence-corrected chi connectivity index (χ1v) is 12.4. The number of benzene rings is 2. The van der Waals surface area contributed by atoms with E-state index in [2.05, 4.69) is 6.08 Å². The van der Waals surface area contributed by atoms with Gasteiger partial charge in [-0.15, -0.1) is 0 Å². The lowest BCUT2D eigenvalue weighted by atomic mass is 9.70. The maximum atomic E-state index is 14.9. The van der Waals surface area contributed by atoms with Crippen LogP contribution in [0.15, 0.2) is 36.4 Å². The van der Waals surface area contributed by atoms with Gasteiger partial charge in [0.2, 0.25) is 0 Å². The van der Waals surface area contributed by atoms with E-state index in [9.17, 15) is 17.6 Å². The zero-order valence-electron chi connectivity index (χ0n) is 19.2. The number of halogens is 4. The zero-order valence-corrected chi connectivity index (χ0v) is 19.2. The highest BCUT2D eigenvalue weighted by atomic mass is 19.2. The first-order valence-electron chi connectivity index (χ1n) is 12.4. The Bertz CT molecular complexity index is 1030. The molecule has 1 aliphatic heterocycles. The fraction of sp³-hybridized carbons (Fsp3) is 0.500. The van der Waals surface area contributed by atoms with E-state index in [-0.39, 0.29) is 11.7 Å². The number of hydrogen-bond donors (Lipinski definition) is 0. The molecule has 3 aliphatic rings. The average Bonchev–Trinajstić information content (AvgIpc) is 2.88. The molecule has 6 heteroatoms. The predicted octanol–water partition coefficient (Wildman–Crippen LogP) is 7.84. The van der Waals surface area contributed by atoms with Crippen LogP contribution in [0, 0.1) is 35.1 Å². The van der Waals surface area contributed by atoms with Crippen molar-refractivity contribution in [2.75, 3.05) is 13.2 Å². The molecule has 1 unspecified atom stereocenters. The normalized spacial score (nSPS) is 26.4. The van der Waals surface area contributed by atoms with Crippen molar-refractivity contribution in [3.05, 3.63) is 76.4 Å². The Morgan fingerprint density at radius 3 is 2.00 bits per heavy atom. The van der Waals surface area contributed by atoms with Crippen molar-refractivity contribution in [1.29, 1.82) is 0 Å². The van der Waals surface area contributed by atoms with Gasteiger partial charge >= 0.3 is 0 Å². The molecule has 0 aromatic heterocycles. The Hall–Kier alpha value is -2.18. The minimum absolute atomic E-state index is 0.0697. The van der Waals surface area contributed by atoms with Crippen LogP contribution in [0.4, 0.5) is 17.6 Å². The van der Waals surface area contributed by atoms with Gasteiger partial charge in [0.05, 0.1) is 13.2 Å². The molecule has 2 fully saturated rings. The van der Waals surface area contributed by atoms with Gasteiger partial charge in [0.25, 0.3) is 0 Å². The monoisotopic (exact) mass is 474 g/mol. The summed E-state index contributed by atoms with van der Waals surface area (Å²) in [7, 11) is 0. The molecule has 0 bridgehead atoms. The van der Waals surface area contributed by atoms with E-state index < -0.39 is 23.7 Å². The molecule has 5 rings (SSSR count). The summed E-state index contributed by atoms with van der Waals surface area (Å²) in [6.07, 6.45) is 9.00. The van der Waals surface area contributed by atoms with Gasteiger partial charge in [0.1, 0.15) is 5.82 Å². The van der Waals surface area contributed by atoms with Gasteiger partial charge in [0.15, 0.2) is 23.7 Å². The van der Waals surface area contributed by atoms with Gasteiger partial charge in [-0.1, -0.05) is 18.2 Å². The van der Waals surface area contributed by atoms with Crippen LogP contribution >= 0.6 is 0 Å². The van der Waals surface area contributed by atoms with E-state index in [1.54, 1.807) is 0 Å². The highest BCUT2D eigenvalue weighted by Gasteiger charge is 2.30. The van der Waals surface area contributed by atoms with E-state index in [4.69, 9.17) is 9.47 Å². The third kappa shape index (κ3) is 4.94. The third-order valence-electron chi connectivity index (χ3n) is 7.81. The van der Waals surface area contributed by atoms with Gasteiger partial charge in [-0.25, -0.2) is 17.6 Å². The molecule has 1 saturated carbocycles. The van der Waals surface area contributed by atoms with Crippen molar-refractivity contribution in [2.24, 2.45) is 11.8 Å². The maximum Gasteiger partial charge on any atom is 0.194 e. The number of hydrogen-bond acceptors (Lipinski definition) is 2. The number of rotatable bonds is 4. The third-order valence-corrected chi connectivity index (χ3v) is 7.81. The van der Waals surface area contributed by atoms with Gasteiger partial charge in [-0.05, 0) is 98.5 Å². The molecule has 1 heterocycles. The van der Waals surface area contributed by atoms with Crippen molar-refractivity contribution >= 4 is 5.57 Å². The van der Waals surface area contributed by atoms with E-state index in [1.807, 2.05) is 12.1 Å². The largest absolute Gasteiger partial charge is 0.348 e. The van der Waals surface area contributed by atoms with Gasteiger partial charge in [-0.3, -0.25) is 0 Å². The second kappa shape index (κ2) is 10.2. The molecule has 182 valence electrons. The summed E-state index contributed by atoms with van der Waals surface area (Å²) in [4.78, 5) is 0. The molecule has 1 atom stereocenters. The summed E-state index contributed by atoms with van der Waals surface area (Å²) in [6, 6.07) is 7.55. The summed E-state index contributed by atoms with van der Waals surface area (Å²) >= 11 is 0. The summed E-state index contributed by atoms with van der Waals surface area (Å²) in [6.45, 7) is 1.25. The Labute approximate surface area is 198 Å². The Morgan fingerprint density at radius 2 is 1.38 bits per heavy atom. The van der Waals surface area contributed by atoms with Crippen LogP contribution in [0.1, 0.15) is 80.3 Å². The van der Waals surface area contributed by atoms with Crippen molar-refractivity contribution in [3.8, 4) is 0 Å². The number of ether oxygens (including phenoxy) is 2. The van der Waals surface area contributed by atoms with Crippen molar-refractivity contribution < 1.29 is 27.0 Å². The smallest absolute Gasteiger partial charge is 0.194 e. The molecule has 0 spiro atoms. The summed E-state index contributed by atoms with van der Waals surface area (Å²) in [5, 5.41) is 0. The maximum absolute atomic E-state index is 14.9. The van der Waals surface area contributed by atoms with E-state index in [0.29, 0.717) is 41.7 Å². The average molecular weight is 475 g/mol. The second-order valence-electron chi connectivity index (χ2n) is 9.84. The fourth-order valence-electron chi connectivity index (χ4n) is 5.88. The molecule has 2 aromatic carbocycles. The molecule has 0 N–H and O–H groups in total. The molecule has 1 saturated heterocycles. The highest BCUT2D eigenvalue weighted by molar-refractivity contribution is 5.67. The lowest BCUT2D eigenvalue weighted by molar-refractivity contribution is -0.183. The van der Waals surface area contributed by atoms with Crippen molar-refractivity contribution in [3.63, 3.8) is 0 Å². The molecular formula is C28H30F4O2. The van der Waals surface area contributed by atoms with Crippen LogP contribution in [0.5, 0.6) is 0 Å². The second-order valence-corrected chi connectivity index (χ2v) is 9.84. The first-order chi connectivity index (χ1) is 16.5. The van der Waals surface area contributed by atoms with Crippen LogP contribution in [0.2, 0.25) is 0 Å². The van der Waals surface area contributed by atoms with Crippen LogP contribution in [0.25, 0.3) is 5.57 Å². The topological polar surface area (TPSA) is 18.5 Å². The van der Waals surface area contributed by atoms with E-state index in [0.717, 1.165) is 69.1 Å². The standard InChI is InChI=1S/C28H30F4O2/c29-24-14-21(28-33-12-1-13-34-28)10-11-23(24)20-8-6-18(7-9-20)17-2-4-19(5-3-17)22-15-25(30)27(32)26(31)16-22/h8,10-11,14-19,28H,1-7,9,12-13H2. The van der Waals surface area contributed by atoms with E-state index in [1.165, 1.54) is 6.07 Å². The van der Waals surface area contributed by atoms with Crippen LogP contribution < -0.4 is 0 Å². The quantitative estimate of drug-likeness (QED) is 0.332. The number of allylic oxidation sites excluding steroid dienone is 2. The first kappa shape index (κ1) is 23.6. The van der Waals surface area contributed by atoms with Gasteiger partial charge in [0, 0.05) is 11.1 Å². The minimum Gasteiger partial charge on any atom is -0.348 e. The Morgan fingerprint density at radius 1 is 0.706 bits per heavy atom. The van der Waals surface area contributed by atoms with E-state index >= 15 is 0 Å². The highest BCUT2D eigenvalue weighted by Crippen LogP contribution is 2.44. The van der Waals surface area contributed by atoms with Crippen LogP contribution in [0.3, 0.4) is 0 Å². The molecule has 0 amide bonds. The Balaban J connectivity index is 1.18. The molecule has 2 aromatic rings. The predicted molar refractivity (Wildman–Crippen MR) is 122 cm³/mol. The SMILES string of the molecule is Fc1cc(C2OCCCO2)ccc1C1=CCC(C2CCC(c3cc(F)c(F)c(F)c3)CC2)CC1. The Kier molecular flexibility index (Phi) is 7.07. The van der Waals surface area contributed by atoms with Gasteiger partial charge in [-0.2, -0.15) is 0 Å². The summed E-state index contributed by atoms with van der Waals surface area (Å²) in [5.41, 5.74) is 2.98. The van der Waals surface area contributed by atoms with Crippen molar-refractivity contribution in [2.45, 2.75) is 63.6 Å². The molecule has 2 aliphatic carbocycles. The molecule has 2 nitrogen and oxygen atoms in total. The van der Waals surface area contributed by atoms with Gasteiger partial charge < -0.3 is 9.47 Å². The van der Waals surface area contributed by atoms with Crippen LogP contribution in [-0.4, -0.2) is 13.2 Å². The summed E-state index contributed by atoms with van der Waals surface area (Å²) in [5.74, 6) is -2.69. The molecular weight excluding hydrogens is 444 g/mol. The zero-order chi connectivity index (χ0) is 23.7.